The Balaban J connectivity index is 2.24. The van der Waals surface area contributed by atoms with E-state index in [9.17, 15) is 18.0 Å². The molecule has 0 amide bonds. The summed E-state index contributed by atoms with van der Waals surface area (Å²) in [6.45, 7) is 2.32. The number of rotatable bonds is 4. The Morgan fingerprint density at radius 3 is 1.87 bits per heavy atom. The predicted octanol–water partition coefficient (Wildman–Crippen LogP) is 1.32. The quantitative estimate of drug-likeness (QED) is 0.701. The zero-order chi connectivity index (χ0) is 17.2. The van der Waals surface area contributed by atoms with Gasteiger partial charge in [-0.3, -0.25) is 9.59 Å². The second kappa shape index (κ2) is 6.98. The van der Waals surface area contributed by atoms with Crippen molar-refractivity contribution in [2.45, 2.75) is 31.0 Å². The molecule has 0 bridgehead atoms. The summed E-state index contributed by atoms with van der Waals surface area (Å²) in [4.78, 5) is 22.4. The molecule has 1 heterocycles. The van der Waals surface area contributed by atoms with E-state index in [0.717, 1.165) is 8.78 Å². The first-order valence-electron chi connectivity index (χ1n) is 6.80. The highest BCUT2D eigenvalue weighted by Crippen LogP contribution is 2.25. The lowest BCUT2D eigenvalue weighted by atomic mass is 10.2. The van der Waals surface area contributed by atoms with Gasteiger partial charge in [-0.2, -0.15) is 4.31 Å². The van der Waals surface area contributed by atoms with E-state index >= 15 is 0 Å². The summed E-state index contributed by atoms with van der Waals surface area (Å²) in [7, 11) is -3.76. The van der Waals surface area contributed by atoms with Gasteiger partial charge >= 0.3 is 11.9 Å². The van der Waals surface area contributed by atoms with Crippen molar-refractivity contribution in [1.29, 1.82) is 0 Å². The molecule has 23 heavy (non-hydrogen) atoms. The molecule has 1 aliphatic heterocycles. The number of sulfonamides is 1. The molecular weight excluding hydrogens is 390 g/mol. The van der Waals surface area contributed by atoms with Gasteiger partial charge in [-0.1, -0.05) is 15.9 Å². The number of carbonyl (C=O) groups excluding carboxylic acids is 2. The van der Waals surface area contributed by atoms with Gasteiger partial charge in [0.2, 0.25) is 10.0 Å². The first-order chi connectivity index (χ1) is 10.7. The van der Waals surface area contributed by atoms with Gasteiger partial charge in [0, 0.05) is 18.3 Å². The SMILES string of the molecule is CC(=O)OC1CN(S(=O)(=O)c2ccc(Br)cc2)CC1OC(C)=O. The molecule has 1 aliphatic rings. The molecule has 0 radical (unpaired) electrons. The average Bonchev–Trinajstić information content (AvgIpc) is 2.81. The summed E-state index contributed by atoms with van der Waals surface area (Å²) in [5, 5.41) is 0. The summed E-state index contributed by atoms with van der Waals surface area (Å²) in [5.74, 6) is -1.12. The molecule has 2 rings (SSSR count). The summed E-state index contributed by atoms with van der Waals surface area (Å²) < 4.78 is 37.3. The van der Waals surface area contributed by atoms with E-state index in [0.29, 0.717) is 0 Å². The van der Waals surface area contributed by atoms with Gasteiger partial charge in [-0.15, -0.1) is 0 Å². The first kappa shape index (κ1) is 17.9. The minimum atomic E-state index is -3.76. The van der Waals surface area contributed by atoms with Crippen molar-refractivity contribution in [3.63, 3.8) is 0 Å². The average molecular weight is 406 g/mol. The third kappa shape index (κ3) is 4.30. The van der Waals surface area contributed by atoms with Crippen LogP contribution in [-0.4, -0.2) is 50.0 Å². The van der Waals surface area contributed by atoms with Crippen molar-refractivity contribution < 1.29 is 27.5 Å². The monoisotopic (exact) mass is 405 g/mol. The van der Waals surface area contributed by atoms with E-state index in [1.165, 1.54) is 26.0 Å². The molecule has 7 nitrogen and oxygen atoms in total. The van der Waals surface area contributed by atoms with E-state index in [-0.39, 0.29) is 18.0 Å². The topological polar surface area (TPSA) is 90.0 Å². The molecule has 1 aromatic carbocycles. The van der Waals surface area contributed by atoms with Crippen LogP contribution in [0.15, 0.2) is 33.6 Å². The van der Waals surface area contributed by atoms with Gasteiger partial charge < -0.3 is 9.47 Å². The number of halogens is 1. The van der Waals surface area contributed by atoms with Crippen LogP contribution in [0, 0.1) is 0 Å². The Labute approximate surface area is 142 Å². The van der Waals surface area contributed by atoms with Crippen molar-refractivity contribution in [2.24, 2.45) is 0 Å². The van der Waals surface area contributed by atoms with Crippen LogP contribution in [0.3, 0.4) is 0 Å². The van der Waals surface area contributed by atoms with Gasteiger partial charge in [0.05, 0.1) is 18.0 Å². The highest BCUT2D eigenvalue weighted by Gasteiger charge is 2.43. The molecule has 0 N–H and O–H groups in total. The molecular formula is C14H16BrNO6S. The molecule has 2 atom stereocenters. The molecule has 1 saturated heterocycles. The van der Waals surface area contributed by atoms with Crippen molar-refractivity contribution in [1.82, 2.24) is 4.31 Å². The van der Waals surface area contributed by atoms with Crippen LogP contribution in [0.2, 0.25) is 0 Å². The van der Waals surface area contributed by atoms with E-state index in [1.54, 1.807) is 12.1 Å². The van der Waals surface area contributed by atoms with Crippen LogP contribution in [0.1, 0.15) is 13.8 Å². The molecule has 0 aromatic heterocycles. The minimum absolute atomic E-state index is 0.0596. The second-order valence-electron chi connectivity index (χ2n) is 5.07. The summed E-state index contributed by atoms with van der Waals surface area (Å²) in [6.07, 6.45) is -1.64. The molecule has 1 aromatic rings. The molecule has 0 spiro atoms. The molecule has 9 heteroatoms. The predicted molar refractivity (Wildman–Crippen MR) is 84.0 cm³/mol. The third-order valence-corrected chi connectivity index (χ3v) is 5.64. The van der Waals surface area contributed by atoms with Gasteiger partial charge in [-0.05, 0) is 24.3 Å². The number of benzene rings is 1. The summed E-state index contributed by atoms with van der Waals surface area (Å²) in [5.41, 5.74) is 0. The minimum Gasteiger partial charge on any atom is -0.457 e. The van der Waals surface area contributed by atoms with Gasteiger partial charge in [0.15, 0.2) is 12.2 Å². The van der Waals surface area contributed by atoms with Crippen molar-refractivity contribution >= 4 is 37.9 Å². The number of ether oxygens (including phenoxy) is 2. The fourth-order valence-corrected chi connectivity index (χ4v) is 4.04. The van der Waals surface area contributed by atoms with E-state index < -0.39 is 34.2 Å². The molecule has 0 aliphatic carbocycles. The fraction of sp³-hybridized carbons (Fsp3) is 0.429. The fourth-order valence-electron chi connectivity index (χ4n) is 2.32. The Bertz CT molecular complexity index is 678. The Morgan fingerprint density at radius 1 is 1.04 bits per heavy atom. The van der Waals surface area contributed by atoms with Crippen molar-refractivity contribution in [3.05, 3.63) is 28.7 Å². The smallest absolute Gasteiger partial charge is 0.303 e. The number of hydrogen-bond acceptors (Lipinski definition) is 6. The van der Waals surface area contributed by atoms with Crippen LogP contribution < -0.4 is 0 Å². The highest BCUT2D eigenvalue weighted by atomic mass is 79.9. The van der Waals surface area contributed by atoms with E-state index in [1.807, 2.05) is 0 Å². The lowest BCUT2D eigenvalue weighted by Gasteiger charge is -2.17. The Morgan fingerprint density at radius 2 is 1.48 bits per heavy atom. The number of carbonyl (C=O) groups is 2. The van der Waals surface area contributed by atoms with Crippen LogP contribution in [-0.2, 0) is 29.1 Å². The highest BCUT2D eigenvalue weighted by molar-refractivity contribution is 9.10. The lowest BCUT2D eigenvalue weighted by Crippen LogP contribution is -2.32. The zero-order valence-electron chi connectivity index (χ0n) is 12.6. The largest absolute Gasteiger partial charge is 0.457 e. The van der Waals surface area contributed by atoms with Crippen LogP contribution >= 0.6 is 15.9 Å². The van der Waals surface area contributed by atoms with E-state index in [2.05, 4.69) is 15.9 Å². The van der Waals surface area contributed by atoms with Gasteiger partial charge in [0.1, 0.15) is 0 Å². The summed E-state index contributed by atoms with van der Waals surface area (Å²) >= 11 is 3.25. The van der Waals surface area contributed by atoms with Crippen LogP contribution in [0.5, 0.6) is 0 Å². The van der Waals surface area contributed by atoms with Crippen molar-refractivity contribution in [3.8, 4) is 0 Å². The Hall–Kier alpha value is -1.45. The zero-order valence-corrected chi connectivity index (χ0v) is 15.0. The van der Waals surface area contributed by atoms with Crippen LogP contribution in [0.4, 0.5) is 0 Å². The normalized spacial score (nSPS) is 21.9. The second-order valence-corrected chi connectivity index (χ2v) is 7.93. The number of esters is 2. The molecule has 1 fully saturated rings. The molecule has 2 unspecified atom stereocenters. The maximum atomic E-state index is 12.6. The maximum Gasteiger partial charge on any atom is 0.303 e. The third-order valence-electron chi connectivity index (χ3n) is 3.27. The number of hydrogen-bond donors (Lipinski definition) is 0. The standard InChI is InChI=1S/C14H16BrNO6S/c1-9(17)21-13-7-16(8-14(13)22-10(2)18)23(19,20)12-5-3-11(15)4-6-12/h3-6,13-14H,7-8H2,1-2H3. The van der Waals surface area contributed by atoms with Gasteiger partial charge in [-0.25, -0.2) is 8.42 Å². The van der Waals surface area contributed by atoms with Gasteiger partial charge in [0.25, 0.3) is 0 Å². The first-order valence-corrected chi connectivity index (χ1v) is 9.03. The van der Waals surface area contributed by atoms with Crippen LogP contribution in [0.25, 0.3) is 0 Å². The van der Waals surface area contributed by atoms with Crippen molar-refractivity contribution in [2.75, 3.05) is 13.1 Å². The lowest BCUT2D eigenvalue weighted by molar-refractivity contribution is -0.160. The summed E-state index contributed by atoms with van der Waals surface area (Å²) in [6, 6.07) is 6.19. The molecule has 126 valence electrons. The molecule has 0 saturated carbocycles. The maximum absolute atomic E-state index is 12.6. The Kier molecular flexibility index (Phi) is 5.43. The number of nitrogens with zero attached hydrogens (tertiary/aromatic N) is 1. The van der Waals surface area contributed by atoms with E-state index in [4.69, 9.17) is 9.47 Å².